The predicted molar refractivity (Wildman–Crippen MR) is 22.9 cm³/mol. The summed E-state index contributed by atoms with van der Waals surface area (Å²) in [4.78, 5) is 9.62. The van der Waals surface area contributed by atoms with Crippen LogP contribution in [0.15, 0.2) is 12.2 Å². The zero-order chi connectivity index (χ0) is 4.99. The fourth-order valence-electron chi connectivity index (χ4n) is 0.151. The van der Waals surface area contributed by atoms with Gasteiger partial charge in [-0.3, -0.25) is 10.5 Å². The van der Waals surface area contributed by atoms with Crippen molar-refractivity contribution in [3.63, 3.8) is 0 Å². The number of amides is 1. The molecule has 0 aromatic carbocycles. The van der Waals surface area contributed by atoms with Gasteiger partial charge in [-0.25, -0.2) is 0 Å². The Morgan fingerprint density at radius 3 is 2.33 bits per heavy atom. The Balaban J connectivity index is 3.30. The lowest BCUT2D eigenvalue weighted by Gasteiger charge is -1.67. The van der Waals surface area contributed by atoms with Crippen LogP contribution in [-0.2, 0) is 4.79 Å². The van der Waals surface area contributed by atoms with Gasteiger partial charge in [0, 0.05) is 6.08 Å². The highest BCUT2D eigenvalue weighted by atomic mass is 16.1. The van der Waals surface area contributed by atoms with Gasteiger partial charge in [0.2, 0.25) is 0 Å². The highest BCUT2D eigenvalue weighted by Crippen LogP contribution is 1.64. The topological polar surface area (TPSA) is 40.9 Å². The van der Waals surface area contributed by atoms with Gasteiger partial charge >= 0.3 is 0 Å². The molecule has 0 aliphatic heterocycles. The summed E-state index contributed by atoms with van der Waals surface area (Å²) in [6.07, 6.45) is 2.73. The van der Waals surface area contributed by atoms with Crippen LogP contribution >= 0.6 is 0 Å². The molecule has 0 saturated carbocycles. The summed E-state index contributed by atoms with van der Waals surface area (Å²) in [7, 11) is 0. The zero-order valence-electron chi connectivity index (χ0n) is 3.56. The minimum absolute atomic E-state index is 0.641. The first-order chi connectivity index (χ1) is 2.77. The molecule has 0 heterocycles. The highest BCUT2D eigenvalue weighted by Gasteiger charge is 1.75. The first-order valence-electron chi connectivity index (χ1n) is 1.65. The molecule has 1 radical (unpaired) electrons. The summed E-state index contributed by atoms with van der Waals surface area (Å²) in [5.74, 6) is -0.641. The molecule has 1 N–H and O–H groups in total. The van der Waals surface area contributed by atoms with Crippen molar-refractivity contribution >= 4 is 5.91 Å². The molecule has 2 heteroatoms. The van der Waals surface area contributed by atoms with Crippen molar-refractivity contribution in [2.75, 3.05) is 0 Å². The lowest BCUT2D eigenvalue weighted by Crippen LogP contribution is -1.87. The molecule has 0 saturated heterocycles. The van der Waals surface area contributed by atoms with Gasteiger partial charge in [0.25, 0.3) is 5.91 Å². The third-order valence-corrected chi connectivity index (χ3v) is 0.318. The summed E-state index contributed by atoms with van der Waals surface area (Å²) in [5, 5.41) is 0. The molecule has 1 amide bonds. The minimum Gasteiger partial charge on any atom is -0.268 e. The fourth-order valence-corrected chi connectivity index (χ4v) is 0.151. The van der Waals surface area contributed by atoms with Gasteiger partial charge in [0.05, 0.1) is 0 Å². The molecule has 6 heavy (non-hydrogen) atoms. The Hall–Kier alpha value is -0.790. The van der Waals surface area contributed by atoms with Gasteiger partial charge in [-0.05, 0) is 6.92 Å². The summed E-state index contributed by atoms with van der Waals surface area (Å²) >= 11 is 0. The van der Waals surface area contributed by atoms with Crippen LogP contribution in [-0.4, -0.2) is 5.91 Å². The van der Waals surface area contributed by atoms with Crippen LogP contribution in [0.2, 0.25) is 0 Å². The van der Waals surface area contributed by atoms with Crippen LogP contribution in [0, 0.1) is 0 Å². The van der Waals surface area contributed by atoms with Crippen LogP contribution in [0.4, 0.5) is 0 Å². The van der Waals surface area contributed by atoms with Crippen LogP contribution in [0.5, 0.6) is 0 Å². The standard InChI is InChI=1S/C4H6NO/c1-2-3-4(5)6/h2-3,5H,1H3/b3-2+. The molecule has 0 aromatic rings. The number of hydrogen-bond acceptors (Lipinski definition) is 1. The number of nitrogens with one attached hydrogen (secondary N) is 1. The van der Waals surface area contributed by atoms with Crippen LogP contribution in [0.25, 0.3) is 0 Å². The second kappa shape index (κ2) is 2.45. The van der Waals surface area contributed by atoms with Crippen molar-refractivity contribution in [3.05, 3.63) is 12.2 Å². The van der Waals surface area contributed by atoms with E-state index in [-0.39, 0.29) is 0 Å². The smallest absolute Gasteiger partial charge is 0.262 e. The monoisotopic (exact) mass is 84.0 g/mol. The maximum absolute atomic E-state index is 9.62. The molecule has 0 unspecified atom stereocenters. The van der Waals surface area contributed by atoms with Gasteiger partial charge in [-0.2, -0.15) is 0 Å². The second-order valence-corrected chi connectivity index (χ2v) is 0.864. The average Bonchev–Trinajstić information content (AvgIpc) is 1.35. The third-order valence-electron chi connectivity index (χ3n) is 0.318. The molecular formula is C4H6NO. The summed E-state index contributed by atoms with van der Waals surface area (Å²) in [5.41, 5.74) is 6.25. The SMILES string of the molecule is C/C=C/C([NH])=O. The summed E-state index contributed by atoms with van der Waals surface area (Å²) in [6, 6.07) is 0. The molecule has 33 valence electrons. The van der Waals surface area contributed by atoms with Crippen LogP contribution in [0.1, 0.15) is 6.92 Å². The van der Waals surface area contributed by atoms with E-state index in [1.165, 1.54) is 12.2 Å². The van der Waals surface area contributed by atoms with Gasteiger partial charge in [0.1, 0.15) is 0 Å². The Bertz CT molecular complexity index is 75.6. The number of allylic oxidation sites excluding steroid dienone is 1. The van der Waals surface area contributed by atoms with E-state index in [9.17, 15) is 4.79 Å². The molecule has 0 aromatic heterocycles. The van der Waals surface area contributed by atoms with E-state index in [2.05, 4.69) is 0 Å². The number of carbonyl (C=O) groups excluding carboxylic acids is 1. The second-order valence-electron chi connectivity index (χ2n) is 0.864. The highest BCUT2D eigenvalue weighted by molar-refractivity contribution is 5.84. The van der Waals surface area contributed by atoms with Crippen LogP contribution in [0.3, 0.4) is 0 Å². The lowest BCUT2D eigenvalue weighted by atomic mass is 10.5. The zero-order valence-corrected chi connectivity index (χ0v) is 3.56. The molecule has 0 bridgehead atoms. The van der Waals surface area contributed by atoms with Crippen molar-refractivity contribution in [1.82, 2.24) is 5.73 Å². The molecule has 0 rings (SSSR count). The van der Waals surface area contributed by atoms with Gasteiger partial charge < -0.3 is 0 Å². The van der Waals surface area contributed by atoms with E-state index < -0.39 is 5.91 Å². The van der Waals surface area contributed by atoms with Crippen LogP contribution < -0.4 is 5.73 Å². The lowest BCUT2D eigenvalue weighted by molar-refractivity contribution is -0.114. The maximum Gasteiger partial charge on any atom is 0.262 e. The first kappa shape index (κ1) is 5.21. The van der Waals surface area contributed by atoms with Crippen molar-refractivity contribution < 1.29 is 4.79 Å². The van der Waals surface area contributed by atoms with Gasteiger partial charge in [0.15, 0.2) is 0 Å². The van der Waals surface area contributed by atoms with Crippen molar-refractivity contribution in [3.8, 4) is 0 Å². The molecule has 0 spiro atoms. The first-order valence-corrected chi connectivity index (χ1v) is 1.65. The number of rotatable bonds is 1. The summed E-state index contributed by atoms with van der Waals surface area (Å²) < 4.78 is 0. The average molecular weight is 84.1 g/mol. The molecule has 0 atom stereocenters. The van der Waals surface area contributed by atoms with E-state index >= 15 is 0 Å². The normalized spacial score (nSPS) is 9.50. The molecule has 0 fully saturated rings. The Morgan fingerprint density at radius 1 is 1.83 bits per heavy atom. The maximum atomic E-state index is 9.62. The van der Waals surface area contributed by atoms with E-state index in [4.69, 9.17) is 5.73 Å². The Labute approximate surface area is 36.6 Å². The molecule has 0 aliphatic carbocycles. The quantitative estimate of drug-likeness (QED) is 0.423. The molecule has 2 nitrogen and oxygen atoms in total. The van der Waals surface area contributed by atoms with E-state index in [1.54, 1.807) is 6.92 Å². The summed E-state index contributed by atoms with van der Waals surface area (Å²) in [6.45, 7) is 1.70. The fraction of sp³-hybridized carbons (Fsp3) is 0.250. The third kappa shape index (κ3) is 3.21. The Morgan fingerprint density at radius 2 is 2.33 bits per heavy atom. The minimum atomic E-state index is -0.641. The van der Waals surface area contributed by atoms with E-state index in [0.29, 0.717) is 0 Å². The van der Waals surface area contributed by atoms with E-state index in [1.807, 2.05) is 0 Å². The molecule has 0 aliphatic rings. The molecular weight excluding hydrogens is 78.0 g/mol. The van der Waals surface area contributed by atoms with Crippen molar-refractivity contribution in [2.45, 2.75) is 6.92 Å². The van der Waals surface area contributed by atoms with E-state index in [0.717, 1.165) is 0 Å². The van der Waals surface area contributed by atoms with Crippen molar-refractivity contribution in [1.29, 1.82) is 0 Å². The number of hydrogen-bond donors (Lipinski definition) is 0. The van der Waals surface area contributed by atoms with Gasteiger partial charge in [-0.1, -0.05) is 6.08 Å². The number of carbonyl (C=O) groups is 1. The van der Waals surface area contributed by atoms with Gasteiger partial charge in [-0.15, -0.1) is 0 Å². The predicted octanol–water partition coefficient (Wildman–Crippen LogP) is 0.372. The Kier molecular flexibility index (Phi) is 2.13. The largest absolute Gasteiger partial charge is 0.268 e. The van der Waals surface area contributed by atoms with Crippen molar-refractivity contribution in [2.24, 2.45) is 0 Å².